The Hall–Kier alpha value is 8.38. The Morgan fingerprint density at radius 2 is 0.130 bits per heavy atom. The molecule has 0 N–H and O–H groups in total. The summed E-state index contributed by atoms with van der Waals surface area (Å²) in [5.74, 6) is 0. The third-order valence-electron chi connectivity index (χ3n) is 0. The van der Waals surface area contributed by atoms with Gasteiger partial charge in [0.05, 0.1) is 0 Å². The first-order valence-corrected chi connectivity index (χ1v) is 51.8. The van der Waals surface area contributed by atoms with Gasteiger partial charge in [-0.3, -0.25) is 0 Å². The Bertz CT molecular complexity index is 1500. The van der Waals surface area contributed by atoms with Gasteiger partial charge in [0.25, 0.3) is 0 Å². The van der Waals surface area contributed by atoms with Gasteiger partial charge < -0.3 is 0 Å². The maximum atomic E-state index is 8.60. The van der Waals surface area contributed by atoms with Gasteiger partial charge in [0.15, 0.2) is 0 Å². The summed E-state index contributed by atoms with van der Waals surface area (Å²) in [6.45, 7) is 0. The summed E-state index contributed by atoms with van der Waals surface area (Å²) in [5, 5.41) is 0. The van der Waals surface area contributed by atoms with Crippen LogP contribution in [0.1, 0.15) is 0 Å². The van der Waals surface area contributed by atoms with Gasteiger partial charge in [-0.25, -0.2) is 0 Å². The first-order valence-electron chi connectivity index (χ1n) is 8.76. The number of hydrogen-bond acceptors (Lipinski definition) is 48. The molecule has 0 spiro atoms. The Morgan fingerprint density at radius 1 is 0.130 bits per heavy atom. The third kappa shape index (κ3) is 6020. The second-order valence-electron chi connectivity index (χ2n) is 3.58. The zero-order valence-corrected chi connectivity index (χ0v) is 77.0. The molecule has 0 aromatic carbocycles. The molecule has 6 radical (unpaired) electrons. The van der Waals surface area contributed by atoms with E-state index in [1.807, 2.05) is 0 Å². The van der Waals surface area contributed by atoms with Crippen LogP contribution in [0, 0.1) is 0 Å². The van der Waals surface area contributed by atoms with E-state index in [1.165, 1.54) is 0 Å². The summed E-state index contributed by atoms with van der Waals surface area (Å²) < 4.78 is 413. The molecule has 0 saturated heterocycles. The topological polar surface area (TPSA) is 915 Å². The van der Waals surface area contributed by atoms with E-state index in [0.717, 1.165) is 0 Å². The van der Waals surface area contributed by atoms with Gasteiger partial charge in [0.2, 0.25) is 0 Å². The fraction of sp³-hybridized carbons (Fsp3) is 0. The van der Waals surface area contributed by atoms with Crippen molar-refractivity contribution in [3.63, 3.8) is 0 Å². The molecule has 48 nitrogen and oxygen atoms in total. The summed E-state index contributed by atoms with van der Waals surface area (Å²) in [4.78, 5) is 0. The molecule has 69 heteroatoms. The van der Waals surface area contributed by atoms with Gasteiger partial charge in [0, 0.05) is 0 Å². The largest absolute Gasteiger partial charge is 6.00 e. The van der Waals surface area contributed by atoms with Crippen LogP contribution in [-0.4, -0.2) is 54.6 Å². The van der Waals surface area contributed by atoms with Crippen LogP contribution in [-0.2, 0) is 460 Å². The molecule has 0 aromatic heterocycles. The van der Waals surface area contributed by atoms with Crippen molar-refractivity contribution in [3.8, 4) is 0 Å². The third-order valence-corrected chi connectivity index (χ3v) is 0. The molecule has 0 rings (SSSR count). The monoisotopic (exact) mass is 2970 g/mol. The van der Waals surface area contributed by atoms with E-state index in [9.17, 15) is 0 Å². The van der Waals surface area contributed by atoms with Crippen molar-refractivity contribution >= 4 is 54.6 Å². The maximum absolute atomic E-state index is 8.60. The predicted molar refractivity (Wildman–Crippen MR) is 33.5 cm³/mol. The molecule has 0 heterocycles. The van der Waals surface area contributed by atoms with Gasteiger partial charge in [-0.2, -0.15) is 0 Å². The Labute approximate surface area is 558 Å². The van der Waals surface area contributed by atoms with Crippen LogP contribution in [0.3, 0.4) is 0 Å². The maximum Gasteiger partial charge on any atom is 6.00 e. The van der Waals surface area contributed by atoms with Crippen LogP contribution in [0.2, 0.25) is 0 Å². The molecule has 0 unspecified atom stereocenters. The van der Waals surface area contributed by atoms with Crippen molar-refractivity contribution in [3.05, 3.63) is 0 Å². The summed E-state index contributed by atoms with van der Waals surface area (Å²) in [6.07, 6.45) is 0. The molecule has 69 heavy (non-hydrogen) atoms. The molecular formula is Fe2Nb16O48Pb2W. The van der Waals surface area contributed by atoms with Crippen LogP contribution in [0.5, 0.6) is 0 Å². The van der Waals surface area contributed by atoms with Crippen molar-refractivity contribution in [2.45, 2.75) is 0 Å². The minimum atomic E-state index is -4.20. The van der Waals surface area contributed by atoms with E-state index in [2.05, 4.69) is 0 Å². The van der Waals surface area contributed by atoms with Gasteiger partial charge in [-0.1, -0.05) is 0 Å². The van der Waals surface area contributed by atoms with Gasteiger partial charge in [-0.05, 0) is 0 Å². The van der Waals surface area contributed by atoms with Crippen molar-refractivity contribution in [1.82, 2.24) is 0 Å². The van der Waals surface area contributed by atoms with Crippen LogP contribution in [0.25, 0.3) is 0 Å². The van der Waals surface area contributed by atoms with Crippen molar-refractivity contribution in [1.29, 1.82) is 0 Å². The summed E-state index contributed by atoms with van der Waals surface area (Å²) in [5.41, 5.74) is 0. The second kappa shape index (κ2) is 137. The molecule has 0 fully saturated rings. The fourth-order valence-electron chi connectivity index (χ4n) is 0. The van der Waals surface area contributed by atoms with Crippen LogP contribution >= 0.6 is 0 Å². The average Bonchev–Trinajstić information content (AvgIpc) is 2.83. The zero-order chi connectivity index (χ0) is 57.2. The molecule has 398 valence electrons. The van der Waals surface area contributed by atoms with Gasteiger partial charge in [0.1, 0.15) is 0 Å². The minimum Gasteiger partial charge on any atom is 2.00 e. The van der Waals surface area contributed by atoms with E-state index in [1.54, 1.807) is 0 Å². The van der Waals surface area contributed by atoms with Gasteiger partial charge in [-0.15, -0.1) is 0 Å². The van der Waals surface area contributed by atoms with Gasteiger partial charge >= 0.3 is 572 Å². The molecule has 0 aromatic rings. The quantitative estimate of drug-likeness (QED) is 0.203. The Kier molecular flexibility index (Phi) is 281. The van der Waals surface area contributed by atoms with Crippen molar-refractivity contribution < 1.29 is 518 Å². The Balaban J connectivity index is -0.0000000187. The molecule has 0 aliphatic carbocycles. The van der Waals surface area contributed by atoms with E-state index < -0.39 is 301 Å². The van der Waals surface area contributed by atoms with E-state index in [-0.39, 0.29) is 110 Å². The molecule has 0 aliphatic rings. The van der Waals surface area contributed by atoms with Crippen molar-refractivity contribution in [2.24, 2.45) is 0 Å². The second-order valence-corrected chi connectivity index (χ2v) is 21.2. The smallest absolute Gasteiger partial charge is 2.00 e. The minimum absolute atomic E-state index is 0. The SMILES string of the molecule is [Fe+3].[Fe+3].[O]=[Nb](=[O])[O-].[O]=[Nb](=[O])[O-].[O]=[Nb](=[O])[O-].[O]=[Nb](=[O])[O-].[O]=[Nb](=[O])[O-].[O]=[Nb](=[O])[O-].[O]=[Nb](=[O])[O-].[O]=[Nb](=[O])[O-].[O]=[Nb](=[O])[O-].[O]=[Nb](=[O])[O-].[O]=[Nb](=[O])[O-].[O]=[Nb](=[O])[O-].[O]=[Nb](=[O])[O-].[O]=[Nb](=[O])[O-].[O]=[Nb](=[O])[O-].[O]=[Nb](=[O])[O-].[Pb+2].[Pb+2].[W+6]. The standard InChI is InChI=1S/2Fe.16Nb.48O.2Pb.W/q2*+3;;;;;;;;;;;;;;;;;;;;;;;;;;;;;;;;;;;;;;;;;;;;;;;;;16*-1;2*+2;+6. The summed E-state index contributed by atoms with van der Waals surface area (Å²) in [7, 11) is 0. The summed E-state index contributed by atoms with van der Waals surface area (Å²) in [6, 6.07) is 0. The zero-order valence-electron chi connectivity index (χ0n) is 28.9. The summed E-state index contributed by atoms with van der Waals surface area (Å²) >= 11 is -67.2. The van der Waals surface area contributed by atoms with Crippen LogP contribution in [0.15, 0.2) is 0 Å². The van der Waals surface area contributed by atoms with Crippen LogP contribution in [0.4, 0.5) is 0 Å². The number of rotatable bonds is 0. The molecular weight excluding hydrogens is 2960 g/mol. The average molecular weight is 2960 g/mol. The fourth-order valence-corrected chi connectivity index (χ4v) is 0. The normalized spacial score (nSPS) is 5.80. The van der Waals surface area contributed by atoms with Crippen molar-refractivity contribution in [2.75, 3.05) is 0 Å². The number of hydrogen-bond donors (Lipinski definition) is 0. The molecule has 0 saturated carbocycles. The molecule has 0 amide bonds. The first kappa shape index (κ1) is 142. The van der Waals surface area contributed by atoms with E-state index in [4.69, 9.17) is 162 Å². The molecule has 0 aliphatic heterocycles. The van der Waals surface area contributed by atoms with Crippen LogP contribution < -0.4 is 57.8 Å². The molecule has 0 atom stereocenters. The predicted octanol–water partition coefficient (Wildman–Crippen LogP) is -23.6. The Morgan fingerprint density at radius 3 is 0.130 bits per heavy atom. The van der Waals surface area contributed by atoms with E-state index >= 15 is 0 Å². The molecule has 0 bridgehead atoms. The first-order chi connectivity index (χ1) is 27.7. The van der Waals surface area contributed by atoms with E-state index in [0.29, 0.717) is 0 Å².